The molecule has 9 nitrogen and oxygen atoms in total. The van der Waals surface area contributed by atoms with Crippen LogP contribution in [0.5, 0.6) is 5.88 Å². The Balaban J connectivity index is 2.16. The van der Waals surface area contributed by atoms with Crippen LogP contribution < -0.4 is 10.4 Å². The highest BCUT2D eigenvalue weighted by atomic mass is 127. The van der Waals surface area contributed by atoms with Gasteiger partial charge in [0, 0.05) is 9.77 Å². The van der Waals surface area contributed by atoms with E-state index in [1.54, 1.807) is 6.20 Å². The number of hydrogen-bond donors (Lipinski definition) is 4. The van der Waals surface area contributed by atoms with Crippen molar-refractivity contribution in [2.75, 3.05) is 13.7 Å². The summed E-state index contributed by atoms with van der Waals surface area (Å²) in [5.74, 6) is 0.161. The zero-order chi connectivity index (χ0) is 16.0. The van der Waals surface area contributed by atoms with Gasteiger partial charge in [-0.3, -0.25) is 4.98 Å². The largest absolute Gasteiger partial charge is 0.480 e. The van der Waals surface area contributed by atoms with Gasteiger partial charge in [0.05, 0.1) is 19.1 Å². The maximum absolute atomic E-state index is 11.7. The van der Waals surface area contributed by atoms with Crippen LogP contribution in [-0.4, -0.2) is 61.9 Å². The number of aliphatic hydroxyl groups is 3. The van der Waals surface area contributed by atoms with Gasteiger partial charge in [0.15, 0.2) is 6.23 Å². The van der Waals surface area contributed by atoms with Crippen LogP contribution in [0.1, 0.15) is 6.23 Å². The summed E-state index contributed by atoms with van der Waals surface area (Å²) in [7, 11) is 1.40. The fourth-order valence-corrected chi connectivity index (χ4v) is 3.35. The highest BCUT2D eigenvalue weighted by Crippen LogP contribution is 2.35. The van der Waals surface area contributed by atoms with E-state index in [9.17, 15) is 15.0 Å². The van der Waals surface area contributed by atoms with E-state index in [0.717, 1.165) is 3.57 Å². The van der Waals surface area contributed by atoms with E-state index in [0.29, 0.717) is 11.0 Å². The van der Waals surface area contributed by atoms with Crippen molar-refractivity contribution in [1.82, 2.24) is 14.5 Å². The third-order valence-electron chi connectivity index (χ3n) is 3.61. The van der Waals surface area contributed by atoms with Crippen LogP contribution in [-0.2, 0) is 4.74 Å². The number of fused-ring (bicyclic) bond motifs is 1. The molecule has 1 fully saturated rings. The second-order valence-electron chi connectivity index (χ2n) is 4.89. The van der Waals surface area contributed by atoms with Crippen molar-refractivity contribution in [2.45, 2.75) is 24.5 Å². The van der Waals surface area contributed by atoms with E-state index < -0.39 is 36.8 Å². The van der Waals surface area contributed by atoms with Crippen LogP contribution in [0.15, 0.2) is 11.0 Å². The molecule has 2 aromatic rings. The first-order chi connectivity index (χ1) is 10.5. The molecule has 0 aromatic carbocycles. The van der Waals surface area contributed by atoms with Gasteiger partial charge in [-0.2, -0.15) is 4.98 Å². The maximum atomic E-state index is 11.7. The summed E-state index contributed by atoms with van der Waals surface area (Å²) in [6.07, 6.45) is -2.66. The first kappa shape index (κ1) is 15.7. The minimum absolute atomic E-state index is 0.161. The zero-order valence-electron chi connectivity index (χ0n) is 11.4. The van der Waals surface area contributed by atoms with Crippen LogP contribution in [0, 0.1) is 3.57 Å². The average molecular weight is 423 g/mol. The average Bonchev–Trinajstić information content (AvgIpc) is 2.97. The van der Waals surface area contributed by atoms with E-state index in [1.807, 2.05) is 22.6 Å². The molecule has 0 aliphatic carbocycles. The number of aliphatic hydroxyl groups excluding tert-OH is 3. The molecule has 4 atom stereocenters. The standard InChI is InChI=1S/C12H14IN3O6/c1-21-10-6-4(13)2-16(9(6)14-12(20)15-10)11-8(19)7(18)5(3-17)22-11/h2,5,7-8,11,17-19H,3H2,1H3,(H,14,15,20)/t5-,7-,8-,11-/m1/s1. The number of aromatic amines is 1. The lowest BCUT2D eigenvalue weighted by Gasteiger charge is -2.17. The predicted molar refractivity (Wildman–Crippen MR) is 82.6 cm³/mol. The second-order valence-corrected chi connectivity index (χ2v) is 6.05. The zero-order valence-corrected chi connectivity index (χ0v) is 13.6. The van der Waals surface area contributed by atoms with Crippen LogP contribution in [0.3, 0.4) is 0 Å². The van der Waals surface area contributed by atoms with Crippen molar-refractivity contribution in [1.29, 1.82) is 0 Å². The number of methoxy groups -OCH3 is 1. The predicted octanol–water partition coefficient (Wildman–Crippen LogP) is -1.05. The molecule has 3 heterocycles. The van der Waals surface area contributed by atoms with E-state index in [-0.39, 0.29) is 5.88 Å². The molecule has 1 aliphatic heterocycles. The van der Waals surface area contributed by atoms with Crippen molar-refractivity contribution in [3.63, 3.8) is 0 Å². The van der Waals surface area contributed by atoms with Gasteiger partial charge < -0.3 is 29.4 Å². The minimum Gasteiger partial charge on any atom is -0.480 e. The van der Waals surface area contributed by atoms with Crippen molar-refractivity contribution in [3.05, 3.63) is 20.3 Å². The Morgan fingerprint density at radius 3 is 2.82 bits per heavy atom. The molecule has 22 heavy (non-hydrogen) atoms. The van der Waals surface area contributed by atoms with Crippen LogP contribution in [0.4, 0.5) is 0 Å². The van der Waals surface area contributed by atoms with Gasteiger partial charge in [-0.25, -0.2) is 4.79 Å². The lowest BCUT2D eigenvalue weighted by Crippen LogP contribution is -2.33. The molecule has 0 spiro atoms. The summed E-state index contributed by atoms with van der Waals surface area (Å²) in [4.78, 5) is 18.0. The molecule has 2 aromatic heterocycles. The first-order valence-corrected chi connectivity index (χ1v) is 7.52. The van der Waals surface area contributed by atoms with Crippen molar-refractivity contribution < 1.29 is 24.8 Å². The van der Waals surface area contributed by atoms with Crippen LogP contribution in [0.2, 0.25) is 0 Å². The Hall–Kier alpha value is -1.21. The molecule has 0 amide bonds. The highest BCUT2D eigenvalue weighted by Gasteiger charge is 2.44. The van der Waals surface area contributed by atoms with Crippen molar-refractivity contribution in [3.8, 4) is 5.88 Å². The number of nitrogens with zero attached hydrogens (tertiary/aromatic N) is 2. The van der Waals surface area contributed by atoms with Gasteiger partial charge in [0.1, 0.15) is 24.0 Å². The number of rotatable bonds is 3. The van der Waals surface area contributed by atoms with E-state index >= 15 is 0 Å². The third-order valence-corrected chi connectivity index (χ3v) is 4.43. The quantitative estimate of drug-likeness (QED) is 0.464. The van der Waals surface area contributed by atoms with E-state index in [4.69, 9.17) is 14.6 Å². The van der Waals surface area contributed by atoms with E-state index in [2.05, 4.69) is 9.97 Å². The van der Waals surface area contributed by atoms with Gasteiger partial charge >= 0.3 is 5.69 Å². The van der Waals surface area contributed by atoms with Gasteiger partial charge in [-0.05, 0) is 22.6 Å². The third kappa shape index (κ3) is 2.31. The molecule has 0 saturated carbocycles. The molecule has 4 N–H and O–H groups in total. The van der Waals surface area contributed by atoms with Crippen LogP contribution in [0.25, 0.3) is 11.0 Å². The van der Waals surface area contributed by atoms with Gasteiger partial charge in [-0.1, -0.05) is 0 Å². The van der Waals surface area contributed by atoms with Crippen molar-refractivity contribution in [2.24, 2.45) is 0 Å². The Morgan fingerprint density at radius 1 is 1.50 bits per heavy atom. The molecule has 10 heteroatoms. The molecular weight excluding hydrogens is 409 g/mol. The monoisotopic (exact) mass is 423 g/mol. The first-order valence-electron chi connectivity index (χ1n) is 6.44. The SMILES string of the molecule is COc1nc(=O)[nH]c2c1c(I)cn2[C@@H]1O[C@H](CO)[C@@H](O)[C@H]1O. The van der Waals surface area contributed by atoms with Crippen LogP contribution >= 0.6 is 22.6 Å². The molecule has 1 saturated heterocycles. The topological polar surface area (TPSA) is 130 Å². The summed E-state index contributed by atoms with van der Waals surface area (Å²) in [5, 5.41) is 29.7. The summed E-state index contributed by atoms with van der Waals surface area (Å²) in [6.45, 7) is -0.424. The van der Waals surface area contributed by atoms with Gasteiger partial charge in [0.2, 0.25) is 5.88 Å². The Morgan fingerprint density at radius 2 is 2.23 bits per heavy atom. The molecule has 1 aliphatic rings. The van der Waals surface area contributed by atoms with Gasteiger partial charge in [-0.15, -0.1) is 0 Å². The highest BCUT2D eigenvalue weighted by molar-refractivity contribution is 14.1. The normalized spacial score (nSPS) is 28.4. The number of aromatic nitrogens is 3. The second kappa shape index (κ2) is 5.77. The number of halogens is 1. The lowest BCUT2D eigenvalue weighted by atomic mass is 10.1. The fraction of sp³-hybridized carbons (Fsp3) is 0.500. The Labute approximate surface area is 137 Å². The Kier molecular flexibility index (Phi) is 4.11. The molecule has 0 unspecified atom stereocenters. The van der Waals surface area contributed by atoms with Gasteiger partial charge in [0.25, 0.3) is 0 Å². The minimum atomic E-state index is -1.24. The molecule has 120 valence electrons. The summed E-state index contributed by atoms with van der Waals surface area (Å²) in [6, 6.07) is 0. The summed E-state index contributed by atoms with van der Waals surface area (Å²) >= 11 is 2.04. The summed E-state index contributed by atoms with van der Waals surface area (Å²) in [5.41, 5.74) is -0.247. The molecule has 3 rings (SSSR count). The summed E-state index contributed by atoms with van der Waals surface area (Å²) < 4.78 is 12.8. The maximum Gasteiger partial charge on any atom is 0.349 e. The number of H-pyrrole nitrogens is 1. The van der Waals surface area contributed by atoms with Crippen molar-refractivity contribution >= 4 is 33.6 Å². The number of nitrogens with one attached hydrogen (secondary N) is 1. The molecule has 0 bridgehead atoms. The molecule has 0 radical (unpaired) electrons. The van der Waals surface area contributed by atoms with E-state index in [1.165, 1.54) is 11.7 Å². The molecular formula is C12H14IN3O6. The number of ether oxygens (including phenoxy) is 2. The smallest absolute Gasteiger partial charge is 0.349 e. The lowest BCUT2D eigenvalue weighted by molar-refractivity contribution is -0.0509. The number of hydrogen-bond acceptors (Lipinski definition) is 7. The fourth-order valence-electron chi connectivity index (χ4n) is 2.56. The Bertz CT molecular complexity index is 759.